The lowest BCUT2D eigenvalue weighted by Crippen LogP contribution is -2.11. The number of nitrogens with one attached hydrogen (secondary N) is 2. The fourth-order valence-electron chi connectivity index (χ4n) is 1.96. The van der Waals surface area contributed by atoms with Crippen molar-refractivity contribution in [2.75, 3.05) is 11.9 Å². The number of aromatic amines is 1. The monoisotopic (exact) mass is 296 g/mol. The SMILES string of the molecule is S=c1[nH]nc(CCNc2ncncc2Cl)n1C1CC1. The predicted molar refractivity (Wildman–Crippen MR) is 74.9 cm³/mol. The minimum Gasteiger partial charge on any atom is -0.368 e. The van der Waals surface area contributed by atoms with Gasteiger partial charge < -0.3 is 9.88 Å². The van der Waals surface area contributed by atoms with Gasteiger partial charge in [-0.25, -0.2) is 9.97 Å². The van der Waals surface area contributed by atoms with Gasteiger partial charge >= 0.3 is 0 Å². The first-order valence-electron chi connectivity index (χ1n) is 6.11. The molecule has 0 atom stereocenters. The lowest BCUT2D eigenvalue weighted by molar-refractivity contribution is 0.673. The van der Waals surface area contributed by atoms with Gasteiger partial charge in [0.1, 0.15) is 23.0 Å². The average Bonchev–Trinajstić information content (AvgIpc) is 3.17. The molecule has 2 aromatic heterocycles. The van der Waals surface area contributed by atoms with E-state index in [-0.39, 0.29) is 0 Å². The number of anilines is 1. The molecule has 0 aliphatic heterocycles. The minimum atomic E-state index is 0.517. The van der Waals surface area contributed by atoms with Crippen molar-refractivity contribution in [3.8, 4) is 0 Å². The Balaban J connectivity index is 1.64. The number of hydrogen-bond acceptors (Lipinski definition) is 5. The summed E-state index contributed by atoms with van der Waals surface area (Å²) in [6, 6.07) is 0.531. The molecular weight excluding hydrogens is 284 g/mol. The molecule has 2 aromatic rings. The maximum absolute atomic E-state index is 5.97. The first-order valence-corrected chi connectivity index (χ1v) is 6.89. The molecule has 1 aliphatic rings. The number of nitrogens with zero attached hydrogens (tertiary/aromatic N) is 4. The van der Waals surface area contributed by atoms with Crippen molar-refractivity contribution in [2.45, 2.75) is 25.3 Å². The zero-order chi connectivity index (χ0) is 13.2. The standard InChI is InChI=1S/C11H13ClN6S/c12-8-5-13-6-15-10(8)14-4-3-9-16-17-11(19)18(9)7-1-2-7/h5-7H,1-4H2,(H,17,19)(H,13,14,15). The van der Waals surface area contributed by atoms with Crippen LogP contribution in [0.3, 0.4) is 0 Å². The third-order valence-electron chi connectivity index (χ3n) is 3.00. The first kappa shape index (κ1) is 12.6. The van der Waals surface area contributed by atoms with E-state index in [9.17, 15) is 0 Å². The fourth-order valence-corrected chi connectivity index (χ4v) is 2.43. The van der Waals surface area contributed by atoms with E-state index < -0.39 is 0 Å². The van der Waals surface area contributed by atoms with Gasteiger partial charge in [-0.2, -0.15) is 5.10 Å². The summed E-state index contributed by atoms with van der Waals surface area (Å²) in [5.74, 6) is 1.62. The second kappa shape index (κ2) is 5.26. The largest absolute Gasteiger partial charge is 0.368 e. The van der Waals surface area contributed by atoms with Gasteiger partial charge in [0.15, 0.2) is 4.77 Å². The Kier molecular flexibility index (Phi) is 3.48. The maximum atomic E-state index is 5.97. The molecule has 2 N–H and O–H groups in total. The predicted octanol–water partition coefficient (Wildman–Crippen LogP) is 2.37. The summed E-state index contributed by atoms with van der Waals surface area (Å²) in [4.78, 5) is 7.92. The molecule has 19 heavy (non-hydrogen) atoms. The lowest BCUT2D eigenvalue weighted by Gasteiger charge is -2.07. The van der Waals surface area contributed by atoms with Crippen LogP contribution in [0.4, 0.5) is 5.82 Å². The summed E-state index contributed by atoms with van der Waals surface area (Å²) in [5.41, 5.74) is 0. The summed E-state index contributed by atoms with van der Waals surface area (Å²) in [5, 5.41) is 10.8. The molecule has 0 aromatic carbocycles. The van der Waals surface area contributed by atoms with Crippen molar-refractivity contribution in [3.63, 3.8) is 0 Å². The molecule has 0 amide bonds. The van der Waals surface area contributed by atoms with Crippen LogP contribution in [0.25, 0.3) is 0 Å². The quantitative estimate of drug-likeness (QED) is 0.829. The molecule has 0 saturated heterocycles. The number of rotatable bonds is 5. The third-order valence-corrected chi connectivity index (χ3v) is 3.56. The molecule has 1 aliphatic carbocycles. The zero-order valence-corrected chi connectivity index (χ0v) is 11.7. The Hall–Kier alpha value is -1.47. The number of aromatic nitrogens is 5. The maximum Gasteiger partial charge on any atom is 0.195 e. The third kappa shape index (κ3) is 2.76. The molecule has 0 spiro atoms. The van der Waals surface area contributed by atoms with E-state index in [4.69, 9.17) is 23.8 Å². The molecule has 1 saturated carbocycles. The van der Waals surface area contributed by atoms with E-state index in [1.54, 1.807) is 6.20 Å². The summed E-state index contributed by atoms with van der Waals surface area (Å²) in [6.45, 7) is 0.698. The number of halogens is 1. The number of H-pyrrole nitrogens is 1. The molecule has 2 heterocycles. The highest BCUT2D eigenvalue weighted by atomic mass is 35.5. The van der Waals surface area contributed by atoms with E-state index in [1.807, 2.05) is 0 Å². The van der Waals surface area contributed by atoms with Gasteiger partial charge in [0, 0.05) is 19.0 Å². The van der Waals surface area contributed by atoms with Crippen molar-refractivity contribution >= 4 is 29.6 Å². The molecule has 3 rings (SSSR count). The van der Waals surface area contributed by atoms with Crippen LogP contribution in [-0.4, -0.2) is 31.3 Å². The normalized spacial score (nSPS) is 14.6. The fraction of sp³-hybridized carbons (Fsp3) is 0.455. The van der Waals surface area contributed by atoms with Crippen LogP contribution < -0.4 is 5.32 Å². The van der Waals surface area contributed by atoms with Gasteiger partial charge in [-0.05, 0) is 25.1 Å². The summed E-state index contributed by atoms with van der Waals surface area (Å²) < 4.78 is 2.82. The molecule has 100 valence electrons. The Morgan fingerprint density at radius 2 is 2.37 bits per heavy atom. The molecule has 0 radical (unpaired) electrons. The highest BCUT2D eigenvalue weighted by Crippen LogP contribution is 2.35. The first-order chi connectivity index (χ1) is 9.25. The van der Waals surface area contributed by atoms with Crippen molar-refractivity contribution < 1.29 is 0 Å². The van der Waals surface area contributed by atoms with Crippen LogP contribution in [0.2, 0.25) is 5.02 Å². The van der Waals surface area contributed by atoms with Crippen LogP contribution in [-0.2, 0) is 6.42 Å². The average molecular weight is 297 g/mol. The number of hydrogen-bond donors (Lipinski definition) is 2. The van der Waals surface area contributed by atoms with Gasteiger partial charge in [-0.3, -0.25) is 5.10 Å². The topological polar surface area (TPSA) is 71.4 Å². The van der Waals surface area contributed by atoms with E-state index in [0.29, 0.717) is 28.2 Å². The molecule has 0 bridgehead atoms. The highest BCUT2D eigenvalue weighted by molar-refractivity contribution is 7.71. The van der Waals surface area contributed by atoms with Gasteiger partial charge in [0.05, 0.1) is 6.20 Å². The minimum absolute atomic E-state index is 0.517. The molecule has 0 unspecified atom stereocenters. The van der Waals surface area contributed by atoms with E-state index in [1.165, 1.54) is 19.2 Å². The van der Waals surface area contributed by atoms with Crippen molar-refractivity contribution in [2.24, 2.45) is 0 Å². The van der Waals surface area contributed by atoms with Crippen LogP contribution in [0.1, 0.15) is 24.7 Å². The van der Waals surface area contributed by atoms with Crippen molar-refractivity contribution in [3.05, 3.63) is 28.1 Å². The smallest absolute Gasteiger partial charge is 0.195 e. The van der Waals surface area contributed by atoms with E-state index >= 15 is 0 Å². The van der Waals surface area contributed by atoms with Crippen LogP contribution in [0.5, 0.6) is 0 Å². The van der Waals surface area contributed by atoms with Crippen LogP contribution >= 0.6 is 23.8 Å². The summed E-state index contributed by atoms with van der Waals surface area (Å²) >= 11 is 11.2. The highest BCUT2D eigenvalue weighted by Gasteiger charge is 2.26. The van der Waals surface area contributed by atoms with Gasteiger partial charge in [-0.1, -0.05) is 11.6 Å². The summed E-state index contributed by atoms with van der Waals surface area (Å²) in [7, 11) is 0. The van der Waals surface area contributed by atoms with Gasteiger partial charge in [0.25, 0.3) is 0 Å². The van der Waals surface area contributed by atoms with Crippen molar-refractivity contribution in [1.82, 2.24) is 24.7 Å². The Morgan fingerprint density at radius 3 is 3.11 bits per heavy atom. The Bertz CT molecular complexity index is 632. The van der Waals surface area contributed by atoms with Crippen LogP contribution in [0, 0.1) is 4.77 Å². The van der Waals surface area contributed by atoms with E-state index in [0.717, 1.165) is 12.2 Å². The van der Waals surface area contributed by atoms with Crippen molar-refractivity contribution in [1.29, 1.82) is 0 Å². The Labute approximate surface area is 120 Å². The van der Waals surface area contributed by atoms with Crippen LogP contribution in [0.15, 0.2) is 12.5 Å². The molecule has 8 heteroatoms. The molecule has 1 fully saturated rings. The Morgan fingerprint density at radius 1 is 1.53 bits per heavy atom. The lowest BCUT2D eigenvalue weighted by atomic mass is 10.4. The second-order valence-electron chi connectivity index (χ2n) is 4.44. The van der Waals surface area contributed by atoms with E-state index in [2.05, 4.69) is 30.0 Å². The second-order valence-corrected chi connectivity index (χ2v) is 5.24. The summed E-state index contributed by atoms with van der Waals surface area (Å²) in [6.07, 6.45) is 6.17. The molecule has 6 nitrogen and oxygen atoms in total. The van der Waals surface area contributed by atoms with Gasteiger partial charge in [-0.15, -0.1) is 0 Å². The van der Waals surface area contributed by atoms with Gasteiger partial charge in [0.2, 0.25) is 0 Å². The molecular formula is C11H13ClN6S. The zero-order valence-electron chi connectivity index (χ0n) is 10.1.